The number of piperidine rings is 1. The molecule has 0 radical (unpaired) electrons. The molecule has 2 aliphatic rings. The standard InChI is InChI=1S/C29H26ClF2N5O2/c1-15(19-4-2-3-5-23(19)31)36-27-21-8-20(24(32)9-25(21)33-12-22(27)30)18-10-34-29(35-11-18)37-13-16-6-7-17(14-37)26(16)28(38)39/h2-5,8-12,15-17,26H,6-7,13-14H2,1H3,(H,33,36)(H,38,39)/t15?,16-,17+,26-. The third kappa shape index (κ3) is 4.65. The Morgan fingerprint density at radius 3 is 2.41 bits per heavy atom. The van der Waals surface area contributed by atoms with Gasteiger partial charge in [-0.2, -0.15) is 0 Å². The summed E-state index contributed by atoms with van der Waals surface area (Å²) in [6.07, 6.45) is 6.37. The Kier molecular flexibility index (Phi) is 6.54. The molecule has 1 saturated heterocycles. The fourth-order valence-electron chi connectivity index (χ4n) is 6.09. The van der Waals surface area contributed by atoms with Crippen molar-refractivity contribution in [3.05, 3.63) is 77.2 Å². The second-order valence-electron chi connectivity index (χ2n) is 10.4. The lowest BCUT2D eigenvalue weighted by Gasteiger charge is -2.35. The average molecular weight is 550 g/mol. The van der Waals surface area contributed by atoms with Gasteiger partial charge in [0.25, 0.3) is 0 Å². The van der Waals surface area contributed by atoms with Crippen LogP contribution in [-0.4, -0.2) is 39.1 Å². The van der Waals surface area contributed by atoms with E-state index in [4.69, 9.17) is 11.6 Å². The predicted molar refractivity (Wildman–Crippen MR) is 146 cm³/mol. The predicted octanol–water partition coefficient (Wildman–Crippen LogP) is 6.34. The van der Waals surface area contributed by atoms with Crippen LogP contribution in [0.5, 0.6) is 0 Å². The van der Waals surface area contributed by atoms with E-state index in [1.165, 1.54) is 18.3 Å². The molecule has 2 bridgehead atoms. The molecular weight excluding hydrogens is 524 g/mol. The van der Waals surface area contributed by atoms with Gasteiger partial charge in [-0.25, -0.2) is 18.7 Å². The summed E-state index contributed by atoms with van der Waals surface area (Å²) < 4.78 is 29.6. The Labute approximate surface area is 228 Å². The van der Waals surface area contributed by atoms with E-state index < -0.39 is 17.8 Å². The van der Waals surface area contributed by atoms with Crippen molar-refractivity contribution in [1.82, 2.24) is 15.0 Å². The molecule has 2 N–H and O–H groups in total. The first kappa shape index (κ1) is 25.4. The lowest BCUT2D eigenvalue weighted by atomic mass is 9.85. The van der Waals surface area contributed by atoms with Crippen molar-refractivity contribution in [3.8, 4) is 11.1 Å². The molecule has 2 aromatic heterocycles. The maximum absolute atomic E-state index is 15.2. The minimum atomic E-state index is -0.725. The fourth-order valence-corrected chi connectivity index (χ4v) is 6.30. The van der Waals surface area contributed by atoms with Gasteiger partial charge in [0.15, 0.2) is 0 Å². The van der Waals surface area contributed by atoms with Gasteiger partial charge in [0.05, 0.1) is 28.2 Å². The van der Waals surface area contributed by atoms with E-state index >= 15 is 4.39 Å². The lowest BCUT2D eigenvalue weighted by Crippen LogP contribution is -2.45. The van der Waals surface area contributed by atoms with Gasteiger partial charge in [-0.05, 0) is 43.7 Å². The van der Waals surface area contributed by atoms with E-state index in [-0.39, 0.29) is 29.1 Å². The van der Waals surface area contributed by atoms with E-state index in [0.29, 0.717) is 51.8 Å². The van der Waals surface area contributed by atoms with Crippen LogP contribution in [0, 0.1) is 29.4 Å². The van der Waals surface area contributed by atoms with Gasteiger partial charge in [0.1, 0.15) is 11.6 Å². The minimum absolute atomic E-state index is 0.0809. The van der Waals surface area contributed by atoms with Crippen LogP contribution in [0.1, 0.15) is 31.4 Å². The second kappa shape index (κ2) is 10.0. The zero-order valence-electron chi connectivity index (χ0n) is 21.1. The van der Waals surface area contributed by atoms with Crippen molar-refractivity contribution in [2.45, 2.75) is 25.8 Å². The Balaban J connectivity index is 1.30. The van der Waals surface area contributed by atoms with Gasteiger partial charge in [-0.15, -0.1) is 0 Å². The van der Waals surface area contributed by atoms with Crippen molar-refractivity contribution in [2.24, 2.45) is 17.8 Å². The van der Waals surface area contributed by atoms with Crippen LogP contribution < -0.4 is 10.2 Å². The van der Waals surface area contributed by atoms with Crippen LogP contribution in [0.2, 0.25) is 5.02 Å². The zero-order chi connectivity index (χ0) is 27.3. The Hall–Kier alpha value is -3.85. The number of nitrogens with one attached hydrogen (secondary N) is 1. The highest BCUT2D eigenvalue weighted by atomic mass is 35.5. The Morgan fingerprint density at radius 2 is 1.74 bits per heavy atom. The van der Waals surface area contributed by atoms with E-state index in [0.717, 1.165) is 12.8 Å². The van der Waals surface area contributed by atoms with Crippen LogP contribution in [0.4, 0.5) is 20.4 Å². The normalized spacial score (nSPS) is 21.2. The van der Waals surface area contributed by atoms with Crippen LogP contribution in [0.15, 0.2) is 55.0 Å². The van der Waals surface area contributed by atoms with Gasteiger partial charge >= 0.3 is 5.97 Å². The molecule has 4 aromatic rings. The third-order valence-electron chi connectivity index (χ3n) is 7.99. The topological polar surface area (TPSA) is 91.2 Å². The summed E-state index contributed by atoms with van der Waals surface area (Å²) in [5, 5.41) is 13.8. The highest BCUT2D eigenvalue weighted by Crippen LogP contribution is 2.43. The van der Waals surface area contributed by atoms with Crippen molar-refractivity contribution >= 4 is 40.1 Å². The van der Waals surface area contributed by atoms with E-state index in [1.807, 2.05) is 11.8 Å². The average Bonchev–Trinajstić information content (AvgIpc) is 3.20. The first-order valence-corrected chi connectivity index (χ1v) is 13.3. The summed E-state index contributed by atoms with van der Waals surface area (Å²) >= 11 is 6.50. The van der Waals surface area contributed by atoms with Crippen molar-refractivity contribution < 1.29 is 18.7 Å². The minimum Gasteiger partial charge on any atom is -0.481 e. The number of rotatable bonds is 6. The fraction of sp³-hybridized carbons (Fsp3) is 0.310. The molecule has 1 unspecified atom stereocenters. The summed E-state index contributed by atoms with van der Waals surface area (Å²) in [5.74, 6) is -1.19. The molecule has 200 valence electrons. The Morgan fingerprint density at radius 1 is 1.05 bits per heavy atom. The van der Waals surface area contributed by atoms with Crippen LogP contribution in [0.25, 0.3) is 22.0 Å². The number of carboxylic acids is 1. The molecule has 7 nitrogen and oxygen atoms in total. The van der Waals surface area contributed by atoms with Crippen LogP contribution in [0.3, 0.4) is 0 Å². The maximum Gasteiger partial charge on any atom is 0.307 e. The number of hydrogen-bond donors (Lipinski definition) is 2. The monoisotopic (exact) mass is 549 g/mol. The molecule has 1 aliphatic carbocycles. The quantitative estimate of drug-likeness (QED) is 0.290. The number of anilines is 2. The number of fused-ring (bicyclic) bond motifs is 3. The molecule has 39 heavy (non-hydrogen) atoms. The van der Waals surface area contributed by atoms with Crippen LogP contribution >= 0.6 is 11.6 Å². The third-order valence-corrected chi connectivity index (χ3v) is 8.28. The summed E-state index contributed by atoms with van der Waals surface area (Å²) in [7, 11) is 0. The van der Waals surface area contributed by atoms with Gasteiger partial charge < -0.3 is 15.3 Å². The van der Waals surface area contributed by atoms with Crippen molar-refractivity contribution in [2.75, 3.05) is 23.3 Å². The number of benzene rings is 2. The molecule has 0 spiro atoms. The highest BCUT2D eigenvalue weighted by molar-refractivity contribution is 6.34. The lowest BCUT2D eigenvalue weighted by molar-refractivity contribution is -0.144. The number of nitrogens with zero attached hydrogens (tertiary/aromatic N) is 4. The summed E-state index contributed by atoms with van der Waals surface area (Å²) in [4.78, 5) is 27.0. The van der Waals surface area contributed by atoms with Gasteiger partial charge in [0.2, 0.25) is 5.95 Å². The molecular formula is C29H26ClF2N5O2. The molecule has 6 rings (SSSR count). The van der Waals surface area contributed by atoms with Crippen molar-refractivity contribution in [3.63, 3.8) is 0 Å². The number of pyridine rings is 1. The molecule has 1 aliphatic heterocycles. The number of aliphatic carboxylic acids is 1. The van der Waals surface area contributed by atoms with E-state index in [1.54, 1.807) is 36.7 Å². The Bertz CT molecular complexity index is 1550. The molecule has 1 saturated carbocycles. The first-order chi connectivity index (χ1) is 18.8. The summed E-state index contributed by atoms with van der Waals surface area (Å²) in [6, 6.07) is 9.06. The first-order valence-electron chi connectivity index (χ1n) is 12.9. The molecule has 3 heterocycles. The van der Waals surface area contributed by atoms with E-state index in [9.17, 15) is 14.3 Å². The summed E-state index contributed by atoms with van der Waals surface area (Å²) in [6.45, 7) is 3.01. The summed E-state index contributed by atoms with van der Waals surface area (Å²) in [5.41, 5.74) is 2.16. The van der Waals surface area contributed by atoms with Crippen molar-refractivity contribution in [1.29, 1.82) is 0 Å². The van der Waals surface area contributed by atoms with Gasteiger partial charge in [-0.3, -0.25) is 9.78 Å². The molecule has 0 amide bonds. The highest BCUT2D eigenvalue weighted by Gasteiger charge is 2.46. The van der Waals surface area contributed by atoms with Crippen LogP contribution in [-0.2, 0) is 4.79 Å². The number of aromatic nitrogens is 3. The number of carboxylic acid groups (broad SMARTS) is 1. The number of hydrogen-bond acceptors (Lipinski definition) is 6. The molecule has 10 heteroatoms. The molecule has 2 aromatic carbocycles. The van der Waals surface area contributed by atoms with Gasteiger partial charge in [-0.1, -0.05) is 29.8 Å². The molecule has 2 fully saturated rings. The van der Waals surface area contributed by atoms with E-state index in [2.05, 4.69) is 20.3 Å². The number of halogens is 3. The molecule has 4 atom stereocenters. The number of carbonyl (C=O) groups is 1. The zero-order valence-corrected chi connectivity index (χ0v) is 21.9. The maximum atomic E-state index is 15.2. The smallest absolute Gasteiger partial charge is 0.307 e. The second-order valence-corrected chi connectivity index (χ2v) is 10.8. The van der Waals surface area contributed by atoms with Gasteiger partial charge in [0, 0.05) is 59.8 Å². The SMILES string of the molecule is CC(Nc1c(Cl)cnc2cc(F)c(-c3cnc(N4C[C@H]5CC[C@@H](C4)[C@@H]5C(=O)O)nc3)cc12)c1ccccc1F. The largest absolute Gasteiger partial charge is 0.481 e.